The molecule has 0 unspecified atom stereocenters. The van der Waals surface area contributed by atoms with Crippen molar-refractivity contribution in [1.82, 2.24) is 10.6 Å². The second-order valence-corrected chi connectivity index (χ2v) is 7.96. The molecular formula is C20H32N2O2. The van der Waals surface area contributed by atoms with E-state index in [4.69, 9.17) is 4.74 Å². The number of hydrogen-bond donors (Lipinski definition) is 2. The first-order valence-electron chi connectivity index (χ1n) is 9.07. The Kier molecular flexibility index (Phi) is 6.67. The summed E-state index contributed by atoms with van der Waals surface area (Å²) in [7, 11) is 0. The Morgan fingerprint density at radius 2 is 1.92 bits per heavy atom. The van der Waals surface area contributed by atoms with Crippen molar-refractivity contribution < 1.29 is 9.53 Å². The van der Waals surface area contributed by atoms with Crippen LogP contribution in [0.15, 0.2) is 24.3 Å². The summed E-state index contributed by atoms with van der Waals surface area (Å²) in [6.07, 6.45) is 2.61. The number of hydrogen-bond acceptors (Lipinski definition) is 3. The molecule has 24 heavy (non-hydrogen) atoms. The highest BCUT2D eigenvalue weighted by Gasteiger charge is 2.23. The minimum Gasteiger partial charge on any atom is -0.493 e. The van der Waals surface area contributed by atoms with Gasteiger partial charge in [0.05, 0.1) is 13.2 Å². The second kappa shape index (κ2) is 8.52. The minimum absolute atomic E-state index is 0.0700. The van der Waals surface area contributed by atoms with Gasteiger partial charge in [-0.25, -0.2) is 0 Å². The van der Waals surface area contributed by atoms with Gasteiger partial charge in [-0.15, -0.1) is 0 Å². The first-order chi connectivity index (χ1) is 11.4. The molecule has 1 aromatic carbocycles. The molecule has 1 aromatic rings. The van der Waals surface area contributed by atoms with Crippen LogP contribution in [0.4, 0.5) is 0 Å². The Bertz CT molecular complexity index is 519. The van der Waals surface area contributed by atoms with E-state index in [0.29, 0.717) is 19.0 Å². The van der Waals surface area contributed by atoms with Gasteiger partial charge in [0.25, 0.3) is 0 Å². The maximum atomic E-state index is 11.9. The fourth-order valence-electron chi connectivity index (χ4n) is 2.46. The van der Waals surface area contributed by atoms with Crippen LogP contribution >= 0.6 is 0 Å². The Morgan fingerprint density at radius 3 is 2.50 bits per heavy atom. The topological polar surface area (TPSA) is 50.4 Å². The maximum Gasteiger partial charge on any atom is 0.233 e. The molecule has 0 aliphatic heterocycles. The van der Waals surface area contributed by atoms with Crippen LogP contribution in [-0.4, -0.2) is 32.1 Å². The number of carbonyl (C=O) groups is 1. The number of rotatable bonds is 10. The van der Waals surface area contributed by atoms with Gasteiger partial charge in [-0.3, -0.25) is 4.79 Å². The molecule has 2 N–H and O–H groups in total. The maximum absolute atomic E-state index is 11.9. The zero-order chi connectivity index (χ0) is 17.6. The van der Waals surface area contributed by atoms with Gasteiger partial charge < -0.3 is 15.4 Å². The molecule has 1 fully saturated rings. The standard InChI is InChI=1S/C20H32N2O2/c1-15(2)13-24-18-9-7-17(8-10-18)20(3,4)14-22-19(23)12-21-11-16-5-6-16/h7-10,15-16,21H,5-6,11-14H2,1-4H3,(H,22,23). The zero-order valence-corrected chi connectivity index (χ0v) is 15.5. The average Bonchev–Trinajstić information content (AvgIpc) is 3.36. The smallest absolute Gasteiger partial charge is 0.233 e. The third kappa shape index (κ3) is 6.52. The molecule has 0 heterocycles. The highest BCUT2D eigenvalue weighted by Crippen LogP contribution is 2.27. The van der Waals surface area contributed by atoms with Gasteiger partial charge >= 0.3 is 0 Å². The van der Waals surface area contributed by atoms with Gasteiger partial charge in [-0.1, -0.05) is 39.8 Å². The van der Waals surface area contributed by atoms with Gasteiger partial charge in [0, 0.05) is 12.0 Å². The van der Waals surface area contributed by atoms with Crippen LogP contribution in [0, 0.1) is 11.8 Å². The molecule has 0 spiro atoms. The van der Waals surface area contributed by atoms with Crippen LogP contribution in [0.25, 0.3) is 0 Å². The highest BCUT2D eigenvalue weighted by molar-refractivity contribution is 5.78. The fraction of sp³-hybridized carbons (Fsp3) is 0.650. The quantitative estimate of drug-likeness (QED) is 0.692. The van der Waals surface area contributed by atoms with Gasteiger partial charge in [-0.2, -0.15) is 0 Å². The molecule has 1 amide bonds. The van der Waals surface area contributed by atoms with E-state index >= 15 is 0 Å². The molecule has 0 radical (unpaired) electrons. The molecule has 1 saturated carbocycles. The second-order valence-electron chi connectivity index (χ2n) is 7.96. The third-order valence-corrected chi connectivity index (χ3v) is 4.36. The van der Waals surface area contributed by atoms with Crippen molar-refractivity contribution in [3.05, 3.63) is 29.8 Å². The molecule has 0 aromatic heterocycles. The summed E-state index contributed by atoms with van der Waals surface area (Å²) in [5, 5.41) is 6.26. The average molecular weight is 332 g/mol. The first-order valence-corrected chi connectivity index (χ1v) is 9.07. The van der Waals surface area contributed by atoms with Crippen molar-refractivity contribution in [2.24, 2.45) is 11.8 Å². The van der Waals surface area contributed by atoms with Crippen LogP contribution in [0.5, 0.6) is 5.75 Å². The lowest BCUT2D eigenvalue weighted by atomic mass is 9.84. The number of amides is 1. The Morgan fingerprint density at radius 1 is 1.25 bits per heavy atom. The lowest BCUT2D eigenvalue weighted by Gasteiger charge is -2.26. The van der Waals surface area contributed by atoms with E-state index in [0.717, 1.165) is 24.8 Å². The fourth-order valence-corrected chi connectivity index (χ4v) is 2.46. The van der Waals surface area contributed by atoms with Crippen molar-refractivity contribution >= 4 is 5.91 Å². The molecule has 4 nitrogen and oxygen atoms in total. The lowest BCUT2D eigenvalue weighted by molar-refractivity contribution is -0.120. The van der Waals surface area contributed by atoms with Crippen molar-refractivity contribution in [1.29, 1.82) is 0 Å². The highest BCUT2D eigenvalue weighted by atomic mass is 16.5. The van der Waals surface area contributed by atoms with Crippen LogP contribution in [0.1, 0.15) is 46.1 Å². The Labute approximate surface area is 146 Å². The summed E-state index contributed by atoms with van der Waals surface area (Å²) in [6.45, 7) is 11.3. The van der Waals surface area contributed by atoms with Crippen LogP contribution in [0.3, 0.4) is 0 Å². The SMILES string of the molecule is CC(C)COc1ccc(C(C)(C)CNC(=O)CNCC2CC2)cc1. The minimum atomic E-state index is -0.108. The summed E-state index contributed by atoms with van der Waals surface area (Å²) < 4.78 is 5.72. The zero-order valence-electron chi connectivity index (χ0n) is 15.5. The van der Waals surface area contributed by atoms with Crippen molar-refractivity contribution in [3.63, 3.8) is 0 Å². The molecule has 0 saturated heterocycles. The van der Waals surface area contributed by atoms with Crippen molar-refractivity contribution in [2.75, 3.05) is 26.2 Å². The molecule has 134 valence electrons. The van der Waals surface area contributed by atoms with Crippen LogP contribution in [0.2, 0.25) is 0 Å². The van der Waals surface area contributed by atoms with Crippen LogP contribution < -0.4 is 15.4 Å². The molecular weight excluding hydrogens is 300 g/mol. The number of carbonyl (C=O) groups excluding carboxylic acids is 1. The number of ether oxygens (including phenoxy) is 1. The predicted molar refractivity (Wildman–Crippen MR) is 98.4 cm³/mol. The predicted octanol–water partition coefficient (Wildman–Crippen LogP) is 3.11. The van der Waals surface area contributed by atoms with E-state index in [1.807, 2.05) is 12.1 Å². The van der Waals surface area contributed by atoms with E-state index in [1.165, 1.54) is 18.4 Å². The monoisotopic (exact) mass is 332 g/mol. The third-order valence-electron chi connectivity index (χ3n) is 4.36. The largest absolute Gasteiger partial charge is 0.493 e. The molecule has 0 atom stereocenters. The van der Waals surface area contributed by atoms with E-state index in [9.17, 15) is 4.79 Å². The molecule has 0 bridgehead atoms. The normalized spacial score (nSPS) is 14.7. The Hall–Kier alpha value is -1.55. The summed E-state index contributed by atoms with van der Waals surface area (Å²) in [4.78, 5) is 11.9. The molecule has 1 aliphatic carbocycles. The molecule has 2 rings (SSSR count). The van der Waals surface area contributed by atoms with Gasteiger partial charge in [0.2, 0.25) is 5.91 Å². The summed E-state index contributed by atoms with van der Waals surface area (Å²) >= 11 is 0. The molecule has 1 aliphatic rings. The van der Waals surface area contributed by atoms with E-state index in [1.54, 1.807) is 0 Å². The van der Waals surface area contributed by atoms with Crippen molar-refractivity contribution in [3.8, 4) is 5.75 Å². The number of benzene rings is 1. The van der Waals surface area contributed by atoms with Gasteiger partial charge in [0.15, 0.2) is 0 Å². The number of nitrogens with one attached hydrogen (secondary N) is 2. The lowest BCUT2D eigenvalue weighted by Crippen LogP contribution is -2.41. The van der Waals surface area contributed by atoms with Crippen LogP contribution in [-0.2, 0) is 10.2 Å². The van der Waals surface area contributed by atoms with Gasteiger partial charge in [0.1, 0.15) is 5.75 Å². The Balaban J connectivity index is 1.76. The molecule has 4 heteroatoms. The summed E-state index contributed by atoms with van der Waals surface area (Å²) in [6, 6.07) is 8.21. The van der Waals surface area contributed by atoms with Crippen molar-refractivity contribution in [2.45, 2.75) is 46.0 Å². The van der Waals surface area contributed by atoms with E-state index in [-0.39, 0.29) is 11.3 Å². The summed E-state index contributed by atoms with van der Waals surface area (Å²) in [5.41, 5.74) is 1.09. The summed E-state index contributed by atoms with van der Waals surface area (Å²) in [5.74, 6) is 2.28. The van der Waals surface area contributed by atoms with E-state index in [2.05, 4.69) is 50.5 Å². The van der Waals surface area contributed by atoms with E-state index < -0.39 is 0 Å². The van der Waals surface area contributed by atoms with Gasteiger partial charge in [-0.05, 0) is 48.9 Å². The first kappa shape index (κ1) is 18.8.